The van der Waals surface area contributed by atoms with Crippen molar-refractivity contribution in [2.24, 2.45) is 0 Å². The van der Waals surface area contributed by atoms with Crippen molar-refractivity contribution in [2.75, 3.05) is 11.9 Å². The van der Waals surface area contributed by atoms with Crippen LogP contribution in [0.25, 0.3) is 22.2 Å². The summed E-state index contributed by atoms with van der Waals surface area (Å²) in [5.41, 5.74) is 0.932. The van der Waals surface area contributed by atoms with E-state index in [1.54, 1.807) is 31.2 Å². The van der Waals surface area contributed by atoms with Crippen LogP contribution in [0, 0.1) is 0 Å². The summed E-state index contributed by atoms with van der Waals surface area (Å²) in [5, 5.41) is 22.9. The highest BCUT2D eigenvalue weighted by Crippen LogP contribution is 2.38. The number of carbonyl (C=O) groups excluding carboxylic acids is 1. The number of aromatic hydroxyl groups is 2. The van der Waals surface area contributed by atoms with Crippen LogP contribution in [-0.2, 0) is 4.74 Å². The average molecular weight is 340 g/mol. The van der Waals surface area contributed by atoms with Crippen LogP contribution >= 0.6 is 0 Å². The van der Waals surface area contributed by atoms with Crippen LogP contribution in [0.5, 0.6) is 11.5 Å². The summed E-state index contributed by atoms with van der Waals surface area (Å²) in [6.45, 7) is 1.82. The largest absolute Gasteiger partial charge is 0.508 e. The van der Waals surface area contributed by atoms with Gasteiger partial charge in [0.1, 0.15) is 11.5 Å². The Morgan fingerprint density at radius 1 is 1.20 bits per heavy atom. The number of phenolic OH excluding ortho intramolecular Hbond substituents is 2. The van der Waals surface area contributed by atoms with Gasteiger partial charge in [0.05, 0.1) is 23.6 Å². The highest BCUT2D eigenvalue weighted by molar-refractivity contribution is 5.94. The van der Waals surface area contributed by atoms with Crippen molar-refractivity contribution in [1.82, 2.24) is 4.98 Å². The van der Waals surface area contributed by atoms with Gasteiger partial charge >= 0.3 is 6.09 Å². The Hall–Kier alpha value is -3.48. The summed E-state index contributed by atoms with van der Waals surface area (Å²) in [6, 6.07) is 10.7. The molecule has 3 rings (SSSR count). The van der Waals surface area contributed by atoms with E-state index in [0.717, 1.165) is 6.07 Å². The number of phenols is 2. The summed E-state index contributed by atoms with van der Waals surface area (Å²) in [6.07, 6.45) is -0.739. The molecule has 3 aromatic rings. The summed E-state index contributed by atoms with van der Waals surface area (Å²) in [4.78, 5) is 27.1. The molecule has 0 saturated carbocycles. The molecule has 0 saturated heterocycles. The second-order valence-electron chi connectivity index (χ2n) is 5.33. The minimum atomic E-state index is -0.739. The summed E-state index contributed by atoms with van der Waals surface area (Å²) in [5.74, 6) is -0.533. The molecular weight excluding hydrogens is 324 g/mol. The number of pyridine rings is 1. The number of benzene rings is 2. The van der Waals surface area contributed by atoms with E-state index >= 15 is 0 Å². The molecule has 0 aliphatic heterocycles. The van der Waals surface area contributed by atoms with E-state index in [0.29, 0.717) is 16.6 Å². The number of fused-ring (bicyclic) bond motifs is 1. The summed E-state index contributed by atoms with van der Waals surface area (Å²) >= 11 is 0. The predicted octanol–water partition coefficient (Wildman–Crippen LogP) is 3.17. The van der Waals surface area contributed by atoms with Crippen molar-refractivity contribution < 1.29 is 19.7 Å². The zero-order valence-corrected chi connectivity index (χ0v) is 13.4. The maximum absolute atomic E-state index is 12.3. The van der Waals surface area contributed by atoms with Crippen LogP contribution < -0.4 is 10.7 Å². The fraction of sp³-hybridized carbons (Fsp3) is 0.111. The second kappa shape index (κ2) is 6.56. The molecule has 7 nitrogen and oxygen atoms in total. The van der Waals surface area contributed by atoms with E-state index in [9.17, 15) is 19.8 Å². The predicted molar refractivity (Wildman–Crippen MR) is 94.0 cm³/mol. The lowest BCUT2D eigenvalue weighted by Gasteiger charge is -2.14. The van der Waals surface area contributed by atoms with Crippen molar-refractivity contribution in [3.05, 3.63) is 52.7 Å². The monoisotopic (exact) mass is 340 g/mol. The minimum Gasteiger partial charge on any atom is -0.508 e. The fourth-order valence-corrected chi connectivity index (χ4v) is 2.60. The number of aromatic amines is 1. The number of amides is 1. The number of para-hydroxylation sites is 1. The Morgan fingerprint density at radius 3 is 2.72 bits per heavy atom. The van der Waals surface area contributed by atoms with E-state index in [1.165, 1.54) is 12.1 Å². The molecular formula is C18H16N2O5. The Kier molecular flexibility index (Phi) is 4.30. The second-order valence-corrected chi connectivity index (χ2v) is 5.33. The number of nitrogens with one attached hydrogen (secondary N) is 2. The molecule has 0 unspecified atom stereocenters. The molecule has 4 N–H and O–H groups in total. The van der Waals surface area contributed by atoms with E-state index in [4.69, 9.17) is 4.74 Å². The number of hydrogen-bond acceptors (Lipinski definition) is 5. The van der Waals surface area contributed by atoms with Crippen molar-refractivity contribution in [3.8, 4) is 22.8 Å². The molecule has 1 heterocycles. The van der Waals surface area contributed by atoms with Crippen LogP contribution in [0.3, 0.4) is 0 Å². The van der Waals surface area contributed by atoms with Crippen molar-refractivity contribution >= 4 is 22.7 Å². The Bertz CT molecular complexity index is 1010. The lowest BCUT2D eigenvalue weighted by atomic mass is 10.1. The van der Waals surface area contributed by atoms with Gasteiger partial charge in [0.15, 0.2) is 5.43 Å². The fourth-order valence-electron chi connectivity index (χ4n) is 2.60. The molecule has 2 aromatic carbocycles. The standard InChI is InChI=1S/C18H16N2O5/c1-2-25-18(24)20-13-7-10(21)8-16(23)17(13)14-9-15(22)11-5-3-4-6-12(11)19-14/h3-9,21,23H,2H2,1H3,(H,19,22)(H,20,24). The Labute approximate surface area is 142 Å². The van der Waals surface area contributed by atoms with E-state index < -0.39 is 6.09 Å². The van der Waals surface area contributed by atoms with Gasteiger partial charge in [-0.25, -0.2) is 4.79 Å². The molecule has 0 bridgehead atoms. The Balaban J connectivity index is 2.19. The van der Waals surface area contributed by atoms with Crippen LogP contribution in [0.15, 0.2) is 47.3 Å². The van der Waals surface area contributed by atoms with Crippen LogP contribution in [0.1, 0.15) is 6.92 Å². The third kappa shape index (κ3) is 3.25. The van der Waals surface area contributed by atoms with Gasteiger partial charge < -0.3 is 19.9 Å². The maximum atomic E-state index is 12.3. The van der Waals surface area contributed by atoms with Gasteiger partial charge in [0.2, 0.25) is 0 Å². The maximum Gasteiger partial charge on any atom is 0.411 e. The minimum absolute atomic E-state index is 0.113. The first-order valence-electron chi connectivity index (χ1n) is 7.61. The average Bonchev–Trinajstić information content (AvgIpc) is 2.54. The molecule has 1 aromatic heterocycles. The Morgan fingerprint density at radius 2 is 1.96 bits per heavy atom. The quantitative estimate of drug-likeness (QED) is 0.585. The molecule has 0 aliphatic rings. The number of carbonyl (C=O) groups is 1. The molecule has 0 radical (unpaired) electrons. The van der Waals surface area contributed by atoms with E-state index in [-0.39, 0.29) is 34.8 Å². The van der Waals surface area contributed by atoms with Crippen molar-refractivity contribution in [3.63, 3.8) is 0 Å². The summed E-state index contributed by atoms with van der Waals surface area (Å²) in [7, 11) is 0. The number of rotatable bonds is 3. The van der Waals surface area contributed by atoms with E-state index in [1.807, 2.05) is 0 Å². The van der Waals surface area contributed by atoms with Gasteiger partial charge in [0, 0.05) is 29.1 Å². The molecule has 25 heavy (non-hydrogen) atoms. The number of aromatic nitrogens is 1. The topological polar surface area (TPSA) is 112 Å². The molecule has 128 valence electrons. The first-order chi connectivity index (χ1) is 12.0. The van der Waals surface area contributed by atoms with Gasteiger partial charge in [-0.1, -0.05) is 12.1 Å². The van der Waals surface area contributed by atoms with Gasteiger partial charge in [-0.3, -0.25) is 10.1 Å². The van der Waals surface area contributed by atoms with Crippen molar-refractivity contribution in [2.45, 2.75) is 6.92 Å². The highest BCUT2D eigenvalue weighted by atomic mass is 16.5. The smallest absolute Gasteiger partial charge is 0.411 e. The third-order valence-corrected chi connectivity index (χ3v) is 3.62. The van der Waals surface area contributed by atoms with E-state index in [2.05, 4.69) is 10.3 Å². The lowest BCUT2D eigenvalue weighted by molar-refractivity contribution is 0.168. The SMILES string of the molecule is CCOC(=O)Nc1cc(O)cc(O)c1-c1cc(=O)c2ccccc2[nH]1. The van der Waals surface area contributed by atoms with Gasteiger partial charge in [-0.15, -0.1) is 0 Å². The zero-order valence-electron chi connectivity index (χ0n) is 13.4. The lowest BCUT2D eigenvalue weighted by Crippen LogP contribution is -2.14. The molecule has 7 heteroatoms. The number of hydrogen-bond donors (Lipinski definition) is 4. The molecule has 0 fully saturated rings. The first kappa shape index (κ1) is 16.4. The zero-order chi connectivity index (χ0) is 18.0. The normalized spacial score (nSPS) is 10.6. The number of H-pyrrole nitrogens is 1. The van der Waals surface area contributed by atoms with Crippen LogP contribution in [-0.4, -0.2) is 27.9 Å². The molecule has 0 spiro atoms. The third-order valence-electron chi connectivity index (χ3n) is 3.62. The molecule has 0 atom stereocenters. The number of ether oxygens (including phenoxy) is 1. The van der Waals surface area contributed by atoms with Gasteiger partial charge in [0.25, 0.3) is 0 Å². The number of anilines is 1. The summed E-state index contributed by atoms with van der Waals surface area (Å²) < 4.78 is 4.83. The molecule has 0 aliphatic carbocycles. The van der Waals surface area contributed by atoms with Gasteiger partial charge in [-0.2, -0.15) is 0 Å². The highest BCUT2D eigenvalue weighted by Gasteiger charge is 2.17. The van der Waals surface area contributed by atoms with Crippen LogP contribution in [0.2, 0.25) is 0 Å². The first-order valence-corrected chi connectivity index (χ1v) is 7.61. The molecule has 1 amide bonds. The van der Waals surface area contributed by atoms with Crippen molar-refractivity contribution in [1.29, 1.82) is 0 Å². The van der Waals surface area contributed by atoms with Gasteiger partial charge in [-0.05, 0) is 19.1 Å². The van der Waals surface area contributed by atoms with Crippen LogP contribution in [0.4, 0.5) is 10.5 Å².